The van der Waals surface area contributed by atoms with Crippen molar-refractivity contribution in [3.8, 4) is 0 Å². The zero-order chi connectivity index (χ0) is 22.1. The lowest BCUT2D eigenvalue weighted by molar-refractivity contribution is -0.149. The van der Waals surface area contributed by atoms with Gasteiger partial charge >= 0.3 is 6.03 Å². The van der Waals surface area contributed by atoms with Crippen molar-refractivity contribution in [3.05, 3.63) is 35.9 Å². The smallest absolute Gasteiger partial charge is 0.333 e. The number of hydrazine groups is 1. The molecule has 0 saturated carbocycles. The van der Waals surface area contributed by atoms with E-state index < -0.39 is 20.2 Å². The van der Waals surface area contributed by atoms with Gasteiger partial charge in [0.15, 0.2) is 0 Å². The molecule has 1 aromatic rings. The number of nitrogens with one attached hydrogen (secondary N) is 2. The molecule has 0 bridgehead atoms. The van der Waals surface area contributed by atoms with Gasteiger partial charge in [-0.3, -0.25) is 4.79 Å². The monoisotopic (exact) mass is 437 g/mol. The van der Waals surface area contributed by atoms with Gasteiger partial charge in [-0.2, -0.15) is 0 Å². The van der Waals surface area contributed by atoms with Crippen molar-refractivity contribution in [2.75, 3.05) is 19.8 Å². The van der Waals surface area contributed by atoms with Crippen LogP contribution in [-0.4, -0.2) is 67.9 Å². The van der Waals surface area contributed by atoms with Gasteiger partial charge in [-0.25, -0.2) is 15.2 Å². The minimum absolute atomic E-state index is 0.0790. The number of ether oxygens (including phenoxy) is 2. The standard InChI is InChI=1S/C21H35N3O5Si/c1-5-28-21(30(2,3)4)29-18-15-24(19(26)12-9-13-25)23-20(27)22-17(18)14-16-10-7-6-8-11-16/h6-8,10-11,17-18,21,25H,5,9,12-15H2,1-4H3,(H2,22,23,27)/t17-,18-,21?/m1/s1. The predicted molar refractivity (Wildman–Crippen MR) is 117 cm³/mol. The number of hydrogen-bond acceptors (Lipinski definition) is 5. The number of hydrogen-bond donors (Lipinski definition) is 3. The third-order valence-corrected chi connectivity index (χ3v) is 6.55. The number of aliphatic hydroxyl groups is 1. The lowest BCUT2D eigenvalue weighted by atomic mass is 10.0. The topological polar surface area (TPSA) is 100 Å². The number of urea groups is 1. The molecule has 1 fully saturated rings. The van der Waals surface area contributed by atoms with Crippen LogP contribution in [0.2, 0.25) is 19.6 Å². The van der Waals surface area contributed by atoms with Crippen LogP contribution < -0.4 is 10.7 Å². The molecule has 1 aromatic carbocycles. The van der Waals surface area contributed by atoms with Gasteiger partial charge in [0.05, 0.1) is 12.6 Å². The third kappa shape index (κ3) is 7.39. The fraction of sp³-hybridized carbons (Fsp3) is 0.619. The Morgan fingerprint density at radius 1 is 1.30 bits per heavy atom. The quantitative estimate of drug-likeness (QED) is 0.384. The third-order valence-electron chi connectivity index (χ3n) is 4.84. The van der Waals surface area contributed by atoms with E-state index in [1.54, 1.807) is 0 Å². The molecule has 2 rings (SSSR count). The van der Waals surface area contributed by atoms with E-state index in [1.807, 2.05) is 37.3 Å². The molecule has 168 valence electrons. The molecule has 3 amide bonds. The second-order valence-corrected chi connectivity index (χ2v) is 13.7. The number of benzene rings is 1. The van der Waals surface area contributed by atoms with Gasteiger partial charge in [0.25, 0.3) is 0 Å². The zero-order valence-electron chi connectivity index (χ0n) is 18.4. The molecule has 8 nitrogen and oxygen atoms in total. The summed E-state index contributed by atoms with van der Waals surface area (Å²) in [5, 5.41) is 13.3. The summed E-state index contributed by atoms with van der Waals surface area (Å²) in [5.41, 5.74) is 3.69. The summed E-state index contributed by atoms with van der Waals surface area (Å²) in [6.07, 6.45) is 0.608. The minimum atomic E-state index is -1.83. The predicted octanol–water partition coefficient (Wildman–Crippen LogP) is 2.05. The molecule has 1 aliphatic heterocycles. The summed E-state index contributed by atoms with van der Waals surface area (Å²) in [6, 6.07) is 9.09. The van der Waals surface area contributed by atoms with Crippen molar-refractivity contribution in [2.24, 2.45) is 0 Å². The highest BCUT2D eigenvalue weighted by molar-refractivity contribution is 6.77. The van der Waals surface area contributed by atoms with E-state index in [-0.39, 0.29) is 37.4 Å². The Morgan fingerprint density at radius 2 is 2.00 bits per heavy atom. The van der Waals surface area contributed by atoms with Crippen molar-refractivity contribution in [1.82, 2.24) is 15.8 Å². The Labute approximate surface area is 179 Å². The molecule has 1 unspecified atom stereocenters. The lowest BCUT2D eigenvalue weighted by Crippen LogP contribution is -2.52. The van der Waals surface area contributed by atoms with Crippen molar-refractivity contribution in [2.45, 2.75) is 63.9 Å². The van der Waals surface area contributed by atoms with Crippen molar-refractivity contribution in [3.63, 3.8) is 0 Å². The number of amides is 3. The fourth-order valence-electron chi connectivity index (χ4n) is 3.29. The molecule has 0 aromatic heterocycles. The molecule has 9 heteroatoms. The first kappa shape index (κ1) is 24.3. The molecule has 1 aliphatic rings. The van der Waals surface area contributed by atoms with Crippen LogP contribution in [-0.2, 0) is 20.7 Å². The van der Waals surface area contributed by atoms with Gasteiger partial charge < -0.3 is 19.9 Å². The maximum Gasteiger partial charge on any atom is 0.333 e. The minimum Gasteiger partial charge on any atom is -0.396 e. The van der Waals surface area contributed by atoms with E-state index in [4.69, 9.17) is 14.6 Å². The average molecular weight is 438 g/mol. The molecule has 1 saturated heterocycles. The SMILES string of the molecule is CCOC(O[C@@H]1CN(C(=O)CCCO)NC(=O)N[C@@H]1Cc1ccccc1)[Si](C)(C)C. The van der Waals surface area contributed by atoms with E-state index >= 15 is 0 Å². The Balaban J connectivity index is 2.27. The summed E-state index contributed by atoms with van der Waals surface area (Å²) >= 11 is 0. The number of nitrogens with zero attached hydrogens (tertiary/aromatic N) is 1. The van der Waals surface area contributed by atoms with Gasteiger partial charge in [0.2, 0.25) is 5.91 Å². The number of rotatable bonds is 10. The number of carbonyl (C=O) groups is 2. The van der Waals surface area contributed by atoms with Crippen LogP contribution in [0.25, 0.3) is 0 Å². The summed E-state index contributed by atoms with van der Waals surface area (Å²) in [4.78, 5) is 25.1. The first-order chi connectivity index (χ1) is 14.2. The number of aliphatic hydroxyl groups excluding tert-OH is 1. The highest BCUT2D eigenvalue weighted by Gasteiger charge is 2.38. The second kappa shape index (κ2) is 11.4. The molecule has 0 spiro atoms. The van der Waals surface area contributed by atoms with Crippen LogP contribution in [0.15, 0.2) is 30.3 Å². The highest BCUT2D eigenvalue weighted by Crippen LogP contribution is 2.20. The van der Waals surface area contributed by atoms with Gasteiger partial charge in [0.1, 0.15) is 20.1 Å². The van der Waals surface area contributed by atoms with Crippen LogP contribution in [0.3, 0.4) is 0 Å². The largest absolute Gasteiger partial charge is 0.396 e. The molecule has 1 heterocycles. The lowest BCUT2D eigenvalue weighted by Gasteiger charge is -2.35. The van der Waals surface area contributed by atoms with E-state index in [2.05, 4.69) is 30.4 Å². The van der Waals surface area contributed by atoms with E-state index in [9.17, 15) is 9.59 Å². The summed E-state index contributed by atoms with van der Waals surface area (Å²) in [7, 11) is -1.83. The van der Waals surface area contributed by atoms with Crippen molar-refractivity contribution < 1.29 is 24.2 Å². The van der Waals surface area contributed by atoms with Crippen LogP contribution in [0.5, 0.6) is 0 Å². The van der Waals surface area contributed by atoms with Crippen LogP contribution in [0.1, 0.15) is 25.3 Å². The first-order valence-corrected chi connectivity index (χ1v) is 14.1. The Morgan fingerprint density at radius 3 is 2.60 bits per heavy atom. The molecule has 30 heavy (non-hydrogen) atoms. The Hall–Kier alpha value is -1.94. The fourth-order valence-corrected chi connectivity index (χ4v) is 4.54. The van der Waals surface area contributed by atoms with Gasteiger partial charge in [-0.05, 0) is 25.3 Å². The molecule has 3 atom stereocenters. The first-order valence-electron chi connectivity index (χ1n) is 10.5. The maximum atomic E-state index is 12.6. The Bertz CT molecular complexity index is 683. The van der Waals surface area contributed by atoms with Gasteiger partial charge in [-0.15, -0.1) is 0 Å². The molecular weight excluding hydrogens is 402 g/mol. The number of carbonyl (C=O) groups excluding carboxylic acids is 2. The second-order valence-electron chi connectivity index (χ2n) is 8.54. The van der Waals surface area contributed by atoms with Gasteiger partial charge in [0, 0.05) is 19.6 Å². The molecule has 0 radical (unpaired) electrons. The van der Waals surface area contributed by atoms with Crippen LogP contribution in [0.4, 0.5) is 4.79 Å². The van der Waals surface area contributed by atoms with E-state index in [0.717, 1.165) is 5.56 Å². The van der Waals surface area contributed by atoms with Crippen LogP contribution >= 0.6 is 0 Å². The van der Waals surface area contributed by atoms with Crippen molar-refractivity contribution >= 4 is 20.0 Å². The molecular formula is C21H35N3O5Si. The van der Waals surface area contributed by atoms with Gasteiger partial charge in [-0.1, -0.05) is 50.0 Å². The zero-order valence-corrected chi connectivity index (χ0v) is 19.4. The highest BCUT2D eigenvalue weighted by atomic mass is 28.3. The molecule has 0 aliphatic carbocycles. The van der Waals surface area contributed by atoms with E-state index in [1.165, 1.54) is 5.01 Å². The summed E-state index contributed by atoms with van der Waals surface area (Å²) < 4.78 is 12.3. The normalized spacial score (nSPS) is 20.8. The Kier molecular flexibility index (Phi) is 9.28. The van der Waals surface area contributed by atoms with Crippen molar-refractivity contribution in [1.29, 1.82) is 0 Å². The maximum absolute atomic E-state index is 12.6. The summed E-state index contributed by atoms with van der Waals surface area (Å²) in [5.74, 6) is -0.621. The van der Waals surface area contributed by atoms with Crippen LogP contribution in [0, 0.1) is 0 Å². The summed E-state index contributed by atoms with van der Waals surface area (Å²) in [6.45, 7) is 9.07. The molecule has 3 N–H and O–H groups in total. The average Bonchev–Trinajstić information content (AvgIpc) is 2.84. The van der Waals surface area contributed by atoms with E-state index in [0.29, 0.717) is 19.4 Å².